The van der Waals surface area contributed by atoms with Crippen molar-refractivity contribution in [3.63, 3.8) is 0 Å². The molecule has 0 aliphatic rings. The number of halogens is 2. The van der Waals surface area contributed by atoms with Gasteiger partial charge in [-0.2, -0.15) is 0 Å². The van der Waals surface area contributed by atoms with Crippen LogP contribution in [0.3, 0.4) is 0 Å². The Morgan fingerprint density at radius 3 is 2.05 bits per heavy atom. The molecule has 0 heterocycles. The highest BCUT2D eigenvalue weighted by molar-refractivity contribution is 9.09. The van der Waals surface area contributed by atoms with Crippen molar-refractivity contribution in [2.24, 2.45) is 0 Å². The molecule has 1 nitrogen and oxygen atoms in total. The van der Waals surface area contributed by atoms with Crippen LogP contribution in [0.15, 0.2) is 36.4 Å². The lowest BCUT2D eigenvalue weighted by Crippen LogP contribution is -2.00. The van der Waals surface area contributed by atoms with E-state index in [1.807, 2.05) is 38.1 Å². The molecule has 3 heteroatoms. The molecule has 0 amide bonds. The van der Waals surface area contributed by atoms with Crippen molar-refractivity contribution in [1.82, 2.24) is 0 Å². The van der Waals surface area contributed by atoms with E-state index >= 15 is 0 Å². The number of aryl methyl sites for hydroxylation is 2. The van der Waals surface area contributed by atoms with Crippen LogP contribution in [-0.2, 0) is 0 Å². The van der Waals surface area contributed by atoms with Crippen molar-refractivity contribution in [1.29, 1.82) is 0 Å². The molecule has 0 N–H and O–H groups in total. The van der Waals surface area contributed by atoms with E-state index in [0.717, 1.165) is 28.0 Å². The molecular formula is C16H16BrFO. The number of hydrogen-bond acceptors (Lipinski definition) is 1. The molecule has 0 fully saturated rings. The number of ether oxygens (including phenoxy) is 1. The van der Waals surface area contributed by atoms with Gasteiger partial charge in [-0.3, -0.25) is 0 Å². The van der Waals surface area contributed by atoms with Gasteiger partial charge in [-0.05, 0) is 60.4 Å². The van der Waals surface area contributed by atoms with Gasteiger partial charge >= 0.3 is 0 Å². The van der Waals surface area contributed by atoms with E-state index in [9.17, 15) is 4.39 Å². The molecule has 0 aliphatic heterocycles. The minimum Gasteiger partial charge on any atom is -0.497 e. The van der Waals surface area contributed by atoms with Gasteiger partial charge in [0, 0.05) is 0 Å². The summed E-state index contributed by atoms with van der Waals surface area (Å²) in [6.45, 7) is 3.87. The summed E-state index contributed by atoms with van der Waals surface area (Å²) in [5.41, 5.74) is 4.15. The largest absolute Gasteiger partial charge is 0.497 e. The highest BCUT2D eigenvalue weighted by Crippen LogP contribution is 2.35. The van der Waals surface area contributed by atoms with Gasteiger partial charge in [0.15, 0.2) is 0 Å². The van der Waals surface area contributed by atoms with E-state index in [1.165, 1.54) is 0 Å². The number of methoxy groups -OCH3 is 1. The molecule has 0 spiro atoms. The van der Waals surface area contributed by atoms with Gasteiger partial charge in [0.1, 0.15) is 11.6 Å². The second-order valence-electron chi connectivity index (χ2n) is 4.59. The summed E-state index contributed by atoms with van der Waals surface area (Å²) < 4.78 is 18.5. The lowest BCUT2D eigenvalue weighted by Gasteiger charge is -2.17. The zero-order valence-electron chi connectivity index (χ0n) is 11.2. The van der Waals surface area contributed by atoms with E-state index in [2.05, 4.69) is 15.9 Å². The summed E-state index contributed by atoms with van der Waals surface area (Å²) in [6, 6.07) is 11.0. The number of hydrogen-bond donors (Lipinski definition) is 0. The molecule has 0 aromatic heterocycles. The molecular weight excluding hydrogens is 307 g/mol. The van der Waals surface area contributed by atoms with Crippen LogP contribution in [0.2, 0.25) is 0 Å². The normalized spacial score (nSPS) is 12.3. The summed E-state index contributed by atoms with van der Waals surface area (Å²) >= 11 is 3.70. The first-order chi connectivity index (χ1) is 9.02. The first kappa shape index (κ1) is 14.1. The third kappa shape index (κ3) is 2.98. The van der Waals surface area contributed by atoms with Gasteiger partial charge in [0.2, 0.25) is 0 Å². The summed E-state index contributed by atoms with van der Waals surface area (Å²) in [5, 5.41) is 0. The minimum absolute atomic E-state index is 0.0546. The number of alkyl halides is 1. The number of rotatable bonds is 3. The van der Waals surface area contributed by atoms with E-state index in [0.29, 0.717) is 0 Å². The molecule has 2 aromatic rings. The Labute approximate surface area is 121 Å². The van der Waals surface area contributed by atoms with E-state index in [4.69, 9.17) is 4.74 Å². The van der Waals surface area contributed by atoms with Gasteiger partial charge in [0.05, 0.1) is 11.9 Å². The summed E-state index contributed by atoms with van der Waals surface area (Å²) in [6.07, 6.45) is 0. The van der Waals surface area contributed by atoms with Crippen molar-refractivity contribution >= 4 is 15.9 Å². The average molecular weight is 323 g/mol. The topological polar surface area (TPSA) is 9.23 Å². The maximum absolute atomic E-state index is 13.3. The summed E-state index contributed by atoms with van der Waals surface area (Å²) in [4.78, 5) is 0.0546. The second kappa shape index (κ2) is 5.74. The summed E-state index contributed by atoms with van der Waals surface area (Å²) in [7, 11) is 1.65. The molecule has 0 saturated carbocycles. The first-order valence-electron chi connectivity index (χ1n) is 6.07. The molecule has 0 radical (unpaired) electrons. The van der Waals surface area contributed by atoms with Gasteiger partial charge in [-0.1, -0.05) is 28.1 Å². The molecule has 0 bridgehead atoms. The van der Waals surface area contributed by atoms with Crippen LogP contribution >= 0.6 is 15.9 Å². The van der Waals surface area contributed by atoms with Crippen LogP contribution in [0, 0.1) is 19.7 Å². The molecule has 2 aromatic carbocycles. The maximum Gasteiger partial charge on any atom is 0.123 e. The Morgan fingerprint density at radius 2 is 1.58 bits per heavy atom. The zero-order valence-corrected chi connectivity index (χ0v) is 12.8. The molecule has 100 valence electrons. The van der Waals surface area contributed by atoms with E-state index in [1.54, 1.807) is 19.2 Å². The van der Waals surface area contributed by atoms with Crippen molar-refractivity contribution in [3.05, 3.63) is 64.5 Å². The van der Waals surface area contributed by atoms with Crippen LogP contribution in [0.4, 0.5) is 4.39 Å². The fourth-order valence-electron chi connectivity index (χ4n) is 2.26. The van der Waals surface area contributed by atoms with E-state index < -0.39 is 0 Å². The Hall–Kier alpha value is -1.35. The monoisotopic (exact) mass is 322 g/mol. The Bertz CT molecular complexity index is 555. The molecule has 1 unspecified atom stereocenters. The SMILES string of the molecule is COc1ccc(C(Br)c2c(C)cc(F)cc2C)cc1. The minimum atomic E-state index is -0.187. The van der Waals surface area contributed by atoms with Crippen LogP contribution in [0.5, 0.6) is 5.75 Å². The average Bonchev–Trinajstić information content (AvgIpc) is 2.37. The Balaban J connectivity index is 2.40. The van der Waals surface area contributed by atoms with Crippen molar-refractivity contribution in [2.75, 3.05) is 7.11 Å². The van der Waals surface area contributed by atoms with Gasteiger partial charge < -0.3 is 4.74 Å². The third-order valence-electron chi connectivity index (χ3n) is 3.22. The highest BCUT2D eigenvalue weighted by Gasteiger charge is 2.16. The molecule has 0 aliphatic carbocycles. The van der Waals surface area contributed by atoms with Gasteiger partial charge in [-0.25, -0.2) is 4.39 Å². The predicted molar refractivity (Wildman–Crippen MR) is 79.6 cm³/mol. The van der Waals surface area contributed by atoms with Gasteiger partial charge in [0.25, 0.3) is 0 Å². The first-order valence-corrected chi connectivity index (χ1v) is 6.99. The van der Waals surface area contributed by atoms with Gasteiger partial charge in [-0.15, -0.1) is 0 Å². The standard InChI is InChI=1S/C16H16BrFO/c1-10-8-13(18)9-11(2)15(10)16(17)12-4-6-14(19-3)7-5-12/h4-9,16H,1-3H3. The Kier molecular flexibility index (Phi) is 4.25. The molecule has 19 heavy (non-hydrogen) atoms. The second-order valence-corrected chi connectivity index (χ2v) is 5.50. The predicted octanol–water partition coefficient (Wildman–Crippen LogP) is 4.94. The van der Waals surface area contributed by atoms with Crippen molar-refractivity contribution < 1.29 is 9.13 Å². The highest BCUT2D eigenvalue weighted by atomic mass is 79.9. The zero-order chi connectivity index (χ0) is 14.0. The van der Waals surface area contributed by atoms with E-state index in [-0.39, 0.29) is 10.6 Å². The number of benzene rings is 2. The quantitative estimate of drug-likeness (QED) is 0.727. The van der Waals surface area contributed by atoms with Crippen LogP contribution < -0.4 is 4.74 Å². The van der Waals surface area contributed by atoms with Crippen LogP contribution in [0.1, 0.15) is 27.1 Å². The molecule has 0 saturated heterocycles. The fourth-order valence-corrected chi connectivity index (χ4v) is 3.29. The smallest absolute Gasteiger partial charge is 0.123 e. The lowest BCUT2D eigenvalue weighted by atomic mass is 9.96. The maximum atomic E-state index is 13.3. The lowest BCUT2D eigenvalue weighted by molar-refractivity contribution is 0.414. The van der Waals surface area contributed by atoms with Crippen molar-refractivity contribution in [3.8, 4) is 5.75 Å². The molecule has 1 atom stereocenters. The third-order valence-corrected chi connectivity index (χ3v) is 4.21. The van der Waals surface area contributed by atoms with Crippen LogP contribution in [-0.4, -0.2) is 7.11 Å². The Morgan fingerprint density at radius 1 is 1.05 bits per heavy atom. The van der Waals surface area contributed by atoms with Crippen LogP contribution in [0.25, 0.3) is 0 Å². The summed E-state index contributed by atoms with van der Waals surface area (Å²) in [5.74, 6) is 0.643. The molecule has 2 rings (SSSR count). The van der Waals surface area contributed by atoms with Crippen molar-refractivity contribution in [2.45, 2.75) is 18.7 Å². The fraction of sp³-hybridized carbons (Fsp3) is 0.250.